The minimum absolute atomic E-state index is 0.0227. The Morgan fingerprint density at radius 2 is 0.952 bits per heavy atom. The Labute approximate surface area is 255 Å². The molecule has 3 aromatic heterocycles. The van der Waals surface area contributed by atoms with Crippen LogP contribution in [0.4, 0.5) is 11.6 Å². The van der Waals surface area contributed by atoms with Crippen LogP contribution in [0.2, 0.25) is 15.6 Å². The number of halogens is 3. The van der Waals surface area contributed by atoms with Crippen LogP contribution in [-0.2, 0) is 0 Å². The maximum atomic E-state index is 5.95. The molecule has 0 bridgehead atoms. The SMILES string of the molecule is Clc1nc(Cl)nc(Nc2ccccc2Cl)n1.c1ccc2c(c1)[nH]c1ccccc12.c1ccc2c(c1)oc1ccccc12. The Balaban J connectivity index is 0.000000113. The Morgan fingerprint density at radius 1 is 0.500 bits per heavy atom. The van der Waals surface area contributed by atoms with Crippen molar-refractivity contribution >= 4 is 90.2 Å². The van der Waals surface area contributed by atoms with Gasteiger partial charge in [-0.1, -0.05) is 96.5 Å². The fraction of sp³-hybridized carbons (Fsp3) is 0. The molecule has 8 aromatic rings. The zero-order valence-corrected chi connectivity index (χ0v) is 24.2. The van der Waals surface area contributed by atoms with Gasteiger partial charge < -0.3 is 14.7 Å². The van der Waals surface area contributed by atoms with Crippen molar-refractivity contribution in [3.8, 4) is 0 Å². The molecule has 0 spiro atoms. The van der Waals surface area contributed by atoms with Crippen LogP contribution < -0.4 is 5.32 Å². The number of hydrogen-bond donors (Lipinski definition) is 2. The Morgan fingerprint density at radius 3 is 1.50 bits per heavy atom. The first-order chi connectivity index (χ1) is 20.5. The summed E-state index contributed by atoms with van der Waals surface area (Å²) >= 11 is 17.2. The molecule has 3 heterocycles. The third kappa shape index (κ3) is 6.16. The summed E-state index contributed by atoms with van der Waals surface area (Å²) in [5, 5.41) is 8.48. The van der Waals surface area contributed by atoms with Gasteiger partial charge in [0.25, 0.3) is 0 Å². The summed E-state index contributed by atoms with van der Waals surface area (Å²) < 4.78 is 5.65. The summed E-state index contributed by atoms with van der Waals surface area (Å²) in [6.45, 7) is 0. The third-order valence-corrected chi connectivity index (χ3v) is 7.07. The zero-order chi connectivity index (χ0) is 28.9. The van der Waals surface area contributed by atoms with E-state index in [-0.39, 0.29) is 16.5 Å². The smallest absolute Gasteiger partial charge is 0.232 e. The molecule has 8 rings (SSSR count). The van der Waals surface area contributed by atoms with Gasteiger partial charge in [0.15, 0.2) is 0 Å². The Kier molecular flexibility index (Phi) is 8.19. The van der Waals surface area contributed by atoms with E-state index in [0.29, 0.717) is 10.7 Å². The second-order valence-electron chi connectivity index (χ2n) is 9.11. The van der Waals surface area contributed by atoms with Gasteiger partial charge in [0.2, 0.25) is 16.5 Å². The number of aromatic amines is 1. The molecule has 0 aliphatic rings. The number of furan rings is 1. The van der Waals surface area contributed by atoms with Gasteiger partial charge >= 0.3 is 0 Å². The molecule has 0 fully saturated rings. The molecule has 0 atom stereocenters. The molecule has 5 aromatic carbocycles. The average molecular weight is 611 g/mol. The van der Waals surface area contributed by atoms with Crippen molar-refractivity contribution in [1.82, 2.24) is 19.9 Å². The Hall–Kier alpha value is -4.62. The normalized spacial score (nSPS) is 10.7. The molecule has 0 saturated carbocycles. The van der Waals surface area contributed by atoms with Gasteiger partial charge in [0, 0.05) is 32.6 Å². The van der Waals surface area contributed by atoms with Crippen molar-refractivity contribution in [2.24, 2.45) is 0 Å². The number of H-pyrrole nitrogens is 1. The largest absolute Gasteiger partial charge is 0.456 e. The fourth-order valence-electron chi connectivity index (χ4n) is 4.54. The first kappa shape index (κ1) is 27.5. The number of benzene rings is 5. The lowest BCUT2D eigenvalue weighted by atomic mass is 10.2. The molecular formula is C33H22Cl3N5O. The highest BCUT2D eigenvalue weighted by Gasteiger charge is 2.06. The summed E-state index contributed by atoms with van der Waals surface area (Å²) in [7, 11) is 0. The number of anilines is 2. The lowest BCUT2D eigenvalue weighted by Crippen LogP contribution is -1.99. The van der Waals surface area contributed by atoms with Gasteiger partial charge in [0.1, 0.15) is 11.2 Å². The van der Waals surface area contributed by atoms with Crippen LogP contribution in [0.25, 0.3) is 43.7 Å². The van der Waals surface area contributed by atoms with Crippen LogP contribution in [-0.4, -0.2) is 19.9 Å². The molecule has 2 N–H and O–H groups in total. The van der Waals surface area contributed by atoms with E-state index in [1.165, 1.54) is 32.6 Å². The highest BCUT2D eigenvalue weighted by Crippen LogP contribution is 2.28. The minimum atomic E-state index is 0.0227. The summed E-state index contributed by atoms with van der Waals surface area (Å²) in [5.74, 6) is 0.248. The number of fused-ring (bicyclic) bond motifs is 6. The van der Waals surface area contributed by atoms with Crippen LogP contribution in [0.5, 0.6) is 0 Å². The van der Waals surface area contributed by atoms with E-state index < -0.39 is 0 Å². The minimum Gasteiger partial charge on any atom is -0.456 e. The summed E-state index contributed by atoms with van der Waals surface area (Å²) in [5.41, 5.74) is 5.02. The van der Waals surface area contributed by atoms with Gasteiger partial charge in [-0.3, -0.25) is 0 Å². The molecule has 0 radical (unpaired) electrons. The van der Waals surface area contributed by atoms with E-state index >= 15 is 0 Å². The number of hydrogen-bond acceptors (Lipinski definition) is 5. The summed E-state index contributed by atoms with van der Waals surface area (Å²) in [6.07, 6.45) is 0. The van der Waals surface area contributed by atoms with Crippen LogP contribution >= 0.6 is 34.8 Å². The summed E-state index contributed by atoms with van der Waals surface area (Å²) in [6, 6.07) is 40.1. The predicted octanol–water partition coefficient (Wildman–Crippen LogP) is 10.5. The molecule has 9 heteroatoms. The van der Waals surface area contributed by atoms with E-state index in [9.17, 15) is 0 Å². The first-order valence-electron chi connectivity index (χ1n) is 13.0. The zero-order valence-electron chi connectivity index (χ0n) is 21.9. The number of para-hydroxylation sites is 5. The monoisotopic (exact) mass is 609 g/mol. The van der Waals surface area contributed by atoms with Gasteiger partial charge in [-0.15, -0.1) is 0 Å². The van der Waals surface area contributed by atoms with E-state index in [0.717, 1.165) is 11.2 Å². The number of nitrogens with one attached hydrogen (secondary N) is 2. The van der Waals surface area contributed by atoms with Crippen molar-refractivity contribution in [3.05, 3.63) is 137 Å². The van der Waals surface area contributed by atoms with Crippen LogP contribution in [0.3, 0.4) is 0 Å². The van der Waals surface area contributed by atoms with Crippen molar-refractivity contribution in [2.45, 2.75) is 0 Å². The second kappa shape index (κ2) is 12.5. The topological polar surface area (TPSA) is 79.6 Å². The lowest BCUT2D eigenvalue weighted by molar-refractivity contribution is 0.669. The van der Waals surface area contributed by atoms with Crippen molar-refractivity contribution in [3.63, 3.8) is 0 Å². The standard InChI is InChI=1S/C12H9N.C12H8O.C9H5Cl3N4/c2*1-3-7-11-9(5-1)10-6-2-4-8-12(10)13-11;10-5-3-1-2-4-6(5)13-9-15-7(11)14-8(12)16-9/h1-8,13H;1-8H;1-4H,(H,13,14,15,16). The maximum Gasteiger partial charge on any atom is 0.232 e. The van der Waals surface area contributed by atoms with Gasteiger partial charge in [0.05, 0.1) is 10.7 Å². The van der Waals surface area contributed by atoms with E-state index in [1.807, 2.05) is 48.5 Å². The summed E-state index contributed by atoms with van der Waals surface area (Å²) in [4.78, 5) is 14.7. The van der Waals surface area contributed by atoms with Crippen molar-refractivity contribution < 1.29 is 4.42 Å². The molecule has 0 aliphatic carbocycles. The van der Waals surface area contributed by atoms with Gasteiger partial charge in [-0.05, 0) is 59.6 Å². The van der Waals surface area contributed by atoms with E-state index in [1.54, 1.807) is 12.1 Å². The molecule has 0 aliphatic heterocycles. The highest BCUT2D eigenvalue weighted by molar-refractivity contribution is 6.33. The molecule has 206 valence electrons. The Bertz CT molecular complexity index is 1910. The average Bonchev–Trinajstić information content (AvgIpc) is 3.57. The van der Waals surface area contributed by atoms with Crippen LogP contribution in [0.15, 0.2) is 126 Å². The number of nitrogens with zero attached hydrogens (tertiary/aromatic N) is 3. The molecular weight excluding hydrogens is 589 g/mol. The van der Waals surface area contributed by atoms with Gasteiger partial charge in [-0.25, -0.2) is 0 Å². The number of rotatable bonds is 2. The quantitative estimate of drug-likeness (QED) is 0.204. The van der Waals surface area contributed by atoms with E-state index in [4.69, 9.17) is 39.2 Å². The van der Waals surface area contributed by atoms with Crippen molar-refractivity contribution in [1.29, 1.82) is 0 Å². The molecule has 42 heavy (non-hydrogen) atoms. The van der Waals surface area contributed by atoms with Crippen LogP contribution in [0, 0.1) is 0 Å². The predicted molar refractivity (Wildman–Crippen MR) is 174 cm³/mol. The fourth-order valence-corrected chi connectivity index (χ4v) is 5.09. The molecule has 0 amide bonds. The third-order valence-electron chi connectivity index (χ3n) is 6.40. The highest BCUT2D eigenvalue weighted by atomic mass is 35.5. The van der Waals surface area contributed by atoms with Gasteiger partial charge in [-0.2, -0.15) is 15.0 Å². The molecule has 6 nitrogen and oxygen atoms in total. The van der Waals surface area contributed by atoms with Crippen LogP contribution in [0.1, 0.15) is 0 Å². The molecule has 0 unspecified atom stereocenters. The second-order valence-corrected chi connectivity index (χ2v) is 10.2. The van der Waals surface area contributed by atoms with E-state index in [2.05, 4.69) is 85.9 Å². The van der Waals surface area contributed by atoms with Crippen molar-refractivity contribution in [2.75, 3.05) is 5.32 Å². The first-order valence-corrected chi connectivity index (χ1v) is 14.1. The lowest BCUT2D eigenvalue weighted by Gasteiger charge is -2.06. The maximum absolute atomic E-state index is 5.95. The number of aromatic nitrogens is 4. The molecule has 0 saturated heterocycles.